The van der Waals surface area contributed by atoms with Gasteiger partial charge in [0.15, 0.2) is 0 Å². The molecule has 0 saturated heterocycles. The van der Waals surface area contributed by atoms with E-state index >= 15 is 0 Å². The van der Waals surface area contributed by atoms with Gasteiger partial charge in [0, 0.05) is 15.5 Å². The second kappa shape index (κ2) is 6.23. The second-order valence-corrected chi connectivity index (χ2v) is 5.83. The second-order valence-electron chi connectivity index (χ2n) is 4.19. The maximum absolute atomic E-state index is 13.0. The summed E-state index contributed by atoms with van der Waals surface area (Å²) in [5.41, 5.74) is 7.77. The van der Waals surface area contributed by atoms with Gasteiger partial charge in [-0.3, -0.25) is 0 Å². The van der Waals surface area contributed by atoms with Crippen LogP contribution in [0.25, 0.3) is 0 Å². The van der Waals surface area contributed by atoms with E-state index in [4.69, 9.17) is 28.9 Å². The van der Waals surface area contributed by atoms with Crippen LogP contribution in [0.1, 0.15) is 17.2 Å². The first-order valence-corrected chi connectivity index (χ1v) is 7.17. The molecule has 0 fully saturated rings. The highest BCUT2D eigenvalue weighted by Crippen LogP contribution is 2.31. The Balaban J connectivity index is 2.25. The molecule has 0 spiro atoms. The molecule has 0 aliphatic rings. The lowest BCUT2D eigenvalue weighted by Gasteiger charge is -2.15. The van der Waals surface area contributed by atoms with Crippen LogP contribution in [0.5, 0.6) is 0 Å². The predicted octanol–water partition coefficient (Wildman–Crippen LogP) is 5.14. The summed E-state index contributed by atoms with van der Waals surface area (Å²) in [6, 6.07) is 9.59. The maximum Gasteiger partial charge on any atom is 0.124 e. The van der Waals surface area contributed by atoms with Crippen LogP contribution in [0.3, 0.4) is 0 Å². The summed E-state index contributed by atoms with van der Waals surface area (Å²) in [5, 5.41) is 0.967. The third kappa shape index (κ3) is 3.48. The van der Waals surface area contributed by atoms with Crippen molar-refractivity contribution in [1.29, 1.82) is 0 Å². The zero-order valence-corrected chi connectivity index (χ0v) is 12.9. The van der Waals surface area contributed by atoms with Crippen molar-refractivity contribution in [3.8, 4) is 0 Å². The number of benzene rings is 2. The van der Waals surface area contributed by atoms with E-state index in [1.165, 1.54) is 12.1 Å². The number of halogens is 4. The van der Waals surface area contributed by atoms with Crippen LogP contribution in [0, 0.1) is 5.82 Å². The molecular formula is C14H11BrCl2FN. The first-order chi connectivity index (χ1) is 8.99. The van der Waals surface area contributed by atoms with Crippen molar-refractivity contribution in [3.05, 3.63) is 67.9 Å². The van der Waals surface area contributed by atoms with Crippen LogP contribution in [-0.4, -0.2) is 0 Å². The molecule has 2 N–H and O–H groups in total. The van der Waals surface area contributed by atoms with E-state index in [0.29, 0.717) is 16.5 Å². The monoisotopic (exact) mass is 361 g/mol. The van der Waals surface area contributed by atoms with E-state index in [1.807, 2.05) is 18.2 Å². The van der Waals surface area contributed by atoms with Crippen molar-refractivity contribution >= 4 is 39.1 Å². The van der Waals surface area contributed by atoms with E-state index in [2.05, 4.69) is 15.9 Å². The summed E-state index contributed by atoms with van der Waals surface area (Å²) >= 11 is 15.6. The summed E-state index contributed by atoms with van der Waals surface area (Å²) in [6.45, 7) is 0. The molecule has 0 radical (unpaired) electrons. The molecule has 0 heterocycles. The quantitative estimate of drug-likeness (QED) is 0.803. The van der Waals surface area contributed by atoms with Crippen molar-refractivity contribution in [3.63, 3.8) is 0 Å². The molecule has 1 nitrogen and oxygen atoms in total. The Hall–Kier alpha value is -0.610. The molecule has 100 valence electrons. The minimum atomic E-state index is -0.359. The van der Waals surface area contributed by atoms with Crippen molar-refractivity contribution in [2.75, 3.05) is 0 Å². The van der Waals surface area contributed by atoms with Gasteiger partial charge in [-0.2, -0.15) is 0 Å². The topological polar surface area (TPSA) is 26.0 Å². The molecule has 0 saturated carbocycles. The van der Waals surface area contributed by atoms with Gasteiger partial charge in [0.25, 0.3) is 0 Å². The molecule has 19 heavy (non-hydrogen) atoms. The van der Waals surface area contributed by atoms with E-state index in [9.17, 15) is 4.39 Å². The Morgan fingerprint density at radius 2 is 1.95 bits per heavy atom. The van der Waals surface area contributed by atoms with Gasteiger partial charge in [0.1, 0.15) is 5.82 Å². The SMILES string of the molecule is NC(Cc1ccc(F)cc1Cl)c1cccc(Br)c1Cl. The lowest BCUT2D eigenvalue weighted by Crippen LogP contribution is -2.14. The Bertz CT molecular complexity index is 604. The zero-order chi connectivity index (χ0) is 14.0. The number of hydrogen-bond donors (Lipinski definition) is 1. The van der Waals surface area contributed by atoms with Crippen molar-refractivity contribution in [2.45, 2.75) is 12.5 Å². The highest BCUT2D eigenvalue weighted by atomic mass is 79.9. The lowest BCUT2D eigenvalue weighted by molar-refractivity contribution is 0.625. The van der Waals surface area contributed by atoms with E-state index in [-0.39, 0.29) is 11.9 Å². The molecule has 0 amide bonds. The van der Waals surface area contributed by atoms with Crippen LogP contribution in [0.15, 0.2) is 40.9 Å². The summed E-state index contributed by atoms with van der Waals surface area (Å²) in [6.07, 6.45) is 0.495. The average Bonchev–Trinajstić information content (AvgIpc) is 2.36. The van der Waals surface area contributed by atoms with Crippen LogP contribution < -0.4 is 5.73 Å². The summed E-state index contributed by atoms with van der Waals surface area (Å²) in [5.74, 6) is -0.359. The number of hydrogen-bond acceptors (Lipinski definition) is 1. The summed E-state index contributed by atoms with van der Waals surface area (Å²) < 4.78 is 13.8. The first-order valence-electron chi connectivity index (χ1n) is 5.62. The van der Waals surface area contributed by atoms with Gasteiger partial charge in [-0.15, -0.1) is 0 Å². The predicted molar refractivity (Wildman–Crippen MR) is 81.2 cm³/mol. The number of rotatable bonds is 3. The molecule has 0 aliphatic heterocycles. The summed E-state index contributed by atoms with van der Waals surface area (Å²) in [7, 11) is 0. The van der Waals surface area contributed by atoms with Gasteiger partial charge in [0.2, 0.25) is 0 Å². The third-order valence-corrected chi connectivity index (χ3v) is 4.50. The fraction of sp³-hybridized carbons (Fsp3) is 0.143. The minimum absolute atomic E-state index is 0.298. The van der Waals surface area contributed by atoms with Crippen LogP contribution in [0.2, 0.25) is 10.0 Å². The highest BCUT2D eigenvalue weighted by Gasteiger charge is 2.14. The fourth-order valence-electron chi connectivity index (χ4n) is 1.84. The summed E-state index contributed by atoms with van der Waals surface area (Å²) in [4.78, 5) is 0. The highest BCUT2D eigenvalue weighted by molar-refractivity contribution is 9.10. The molecule has 2 rings (SSSR count). The average molecular weight is 363 g/mol. The standard InChI is InChI=1S/C14H11BrCl2FN/c15-11-3-1-2-10(14(11)17)13(19)6-8-4-5-9(18)7-12(8)16/h1-5,7,13H,6,19H2. The van der Waals surface area contributed by atoms with Crippen molar-refractivity contribution in [1.82, 2.24) is 0 Å². The van der Waals surface area contributed by atoms with Gasteiger partial charge in [-0.05, 0) is 51.7 Å². The van der Waals surface area contributed by atoms with Crippen molar-refractivity contribution < 1.29 is 4.39 Å². The molecule has 1 unspecified atom stereocenters. The molecule has 0 aromatic heterocycles. The number of nitrogens with two attached hydrogens (primary N) is 1. The Kier molecular flexibility index (Phi) is 4.85. The van der Waals surface area contributed by atoms with Gasteiger partial charge in [-0.25, -0.2) is 4.39 Å². The normalized spacial score (nSPS) is 12.5. The first kappa shape index (κ1) is 14.8. The van der Waals surface area contributed by atoms with Crippen LogP contribution in [0.4, 0.5) is 4.39 Å². The van der Waals surface area contributed by atoms with Gasteiger partial charge >= 0.3 is 0 Å². The largest absolute Gasteiger partial charge is 0.324 e. The lowest BCUT2D eigenvalue weighted by atomic mass is 9.99. The molecule has 5 heteroatoms. The molecule has 1 atom stereocenters. The van der Waals surface area contributed by atoms with E-state index in [0.717, 1.165) is 15.6 Å². The zero-order valence-electron chi connectivity index (χ0n) is 9.84. The molecular weight excluding hydrogens is 352 g/mol. The maximum atomic E-state index is 13.0. The Morgan fingerprint density at radius 3 is 2.63 bits per heavy atom. The van der Waals surface area contributed by atoms with Gasteiger partial charge < -0.3 is 5.73 Å². The molecule has 0 aliphatic carbocycles. The molecule has 2 aromatic rings. The van der Waals surface area contributed by atoms with Crippen LogP contribution >= 0.6 is 39.1 Å². The van der Waals surface area contributed by atoms with Gasteiger partial charge in [-0.1, -0.05) is 41.4 Å². The van der Waals surface area contributed by atoms with Crippen molar-refractivity contribution in [2.24, 2.45) is 5.73 Å². The van der Waals surface area contributed by atoms with Crippen LogP contribution in [-0.2, 0) is 6.42 Å². The van der Waals surface area contributed by atoms with Gasteiger partial charge in [0.05, 0.1) is 5.02 Å². The Labute approximate surface area is 129 Å². The molecule has 2 aromatic carbocycles. The minimum Gasteiger partial charge on any atom is -0.324 e. The van der Waals surface area contributed by atoms with E-state index in [1.54, 1.807) is 6.07 Å². The molecule has 0 bridgehead atoms. The Morgan fingerprint density at radius 1 is 1.21 bits per heavy atom. The third-order valence-electron chi connectivity index (χ3n) is 2.84. The smallest absolute Gasteiger partial charge is 0.124 e. The fourth-order valence-corrected chi connectivity index (χ4v) is 2.73. The van der Waals surface area contributed by atoms with E-state index < -0.39 is 0 Å².